The van der Waals surface area contributed by atoms with Crippen LogP contribution in [0, 0.1) is 17.1 Å². The summed E-state index contributed by atoms with van der Waals surface area (Å²) in [7, 11) is 0. The van der Waals surface area contributed by atoms with E-state index in [1.807, 2.05) is 24.3 Å². The number of halogens is 2. The number of hydrogen-bond donors (Lipinski definition) is 2. The number of anilines is 2. The van der Waals surface area contributed by atoms with Gasteiger partial charge >= 0.3 is 0 Å². The molecule has 0 fully saturated rings. The molecule has 0 bridgehead atoms. The molecular formula is C26H18ClFN6O2S2. The summed E-state index contributed by atoms with van der Waals surface area (Å²) in [5.74, 6) is -0.867. The van der Waals surface area contributed by atoms with Gasteiger partial charge in [-0.1, -0.05) is 46.8 Å². The monoisotopic (exact) mass is 564 g/mol. The minimum absolute atomic E-state index is 0.0291. The first-order valence-electron chi connectivity index (χ1n) is 11.6. The Morgan fingerprint density at radius 3 is 2.76 bits per heavy atom. The molecule has 190 valence electrons. The Balaban J connectivity index is 1.46. The first-order valence-corrected chi connectivity index (χ1v) is 13.8. The van der Waals surface area contributed by atoms with Crippen molar-refractivity contribution in [2.24, 2.45) is 5.73 Å². The van der Waals surface area contributed by atoms with Crippen LogP contribution in [0.4, 0.5) is 15.2 Å². The lowest BCUT2D eigenvalue weighted by Gasteiger charge is -2.42. The summed E-state index contributed by atoms with van der Waals surface area (Å²) in [5, 5.41) is 22.7. The number of allylic oxidation sites excluding steroid dienone is 1. The quantitative estimate of drug-likeness (QED) is 0.422. The highest BCUT2D eigenvalue weighted by Gasteiger charge is 2.60. The highest BCUT2D eigenvalue weighted by molar-refractivity contribution is 8.00. The maximum atomic E-state index is 14.4. The van der Waals surface area contributed by atoms with Gasteiger partial charge in [0.05, 0.1) is 5.57 Å². The van der Waals surface area contributed by atoms with Gasteiger partial charge in [-0.3, -0.25) is 14.5 Å². The molecule has 1 amide bonds. The molecule has 1 aromatic heterocycles. The molecule has 0 radical (unpaired) electrons. The Morgan fingerprint density at radius 2 is 2.00 bits per heavy atom. The minimum Gasteiger partial charge on any atom is -0.384 e. The molecule has 1 aliphatic carbocycles. The second kappa shape index (κ2) is 9.23. The molecule has 1 spiro atoms. The summed E-state index contributed by atoms with van der Waals surface area (Å²) in [5.41, 5.74) is 6.87. The highest BCUT2D eigenvalue weighted by Crippen LogP contribution is 2.55. The van der Waals surface area contributed by atoms with E-state index in [2.05, 4.69) is 21.6 Å². The number of fused-ring (bicyclic) bond motifs is 3. The number of nitrogens with zero attached hydrogens (tertiary/aromatic N) is 4. The summed E-state index contributed by atoms with van der Waals surface area (Å²) < 4.78 is 15.1. The van der Waals surface area contributed by atoms with Gasteiger partial charge in [-0.05, 0) is 48.7 Å². The van der Waals surface area contributed by atoms with Gasteiger partial charge in [0, 0.05) is 39.7 Å². The molecule has 0 saturated carbocycles. The number of carbonyl (C=O) groups is 2. The zero-order valence-corrected chi connectivity index (χ0v) is 22.0. The van der Waals surface area contributed by atoms with Gasteiger partial charge < -0.3 is 11.1 Å². The third-order valence-electron chi connectivity index (χ3n) is 6.85. The third kappa shape index (κ3) is 3.63. The number of amides is 1. The van der Waals surface area contributed by atoms with Crippen molar-refractivity contribution in [3.63, 3.8) is 0 Å². The van der Waals surface area contributed by atoms with Crippen molar-refractivity contribution in [1.29, 1.82) is 5.26 Å². The number of Topliss-reactive ketones (excluding diaryl/α,β-unsaturated/α-hetero) is 1. The molecule has 2 aromatic carbocycles. The second-order valence-electron chi connectivity index (χ2n) is 8.97. The summed E-state index contributed by atoms with van der Waals surface area (Å²) in [6, 6.07) is 13.4. The summed E-state index contributed by atoms with van der Waals surface area (Å²) >= 11 is 8.71. The largest absolute Gasteiger partial charge is 0.384 e. The van der Waals surface area contributed by atoms with Crippen LogP contribution in [-0.2, 0) is 20.8 Å². The SMILES string of the molecule is N#CC1=C(N)N(c2nnc(SCc3ccc(Cl)cc3)s2)C2=C(C(=O)CCC2)[C@]12C(=O)Nc1ccc(F)cc12. The van der Waals surface area contributed by atoms with Gasteiger partial charge in [0.2, 0.25) is 11.0 Å². The number of nitrogens with two attached hydrogens (primary N) is 1. The topological polar surface area (TPSA) is 125 Å². The van der Waals surface area contributed by atoms with Crippen LogP contribution < -0.4 is 16.0 Å². The van der Waals surface area contributed by atoms with E-state index in [0.29, 0.717) is 44.5 Å². The van der Waals surface area contributed by atoms with Crippen molar-refractivity contribution in [2.45, 2.75) is 34.8 Å². The molecule has 6 rings (SSSR count). The van der Waals surface area contributed by atoms with Crippen molar-refractivity contribution in [3.8, 4) is 6.07 Å². The predicted molar refractivity (Wildman–Crippen MR) is 143 cm³/mol. The van der Waals surface area contributed by atoms with Crippen LogP contribution in [0.15, 0.2) is 69.5 Å². The number of nitrogens with one attached hydrogen (secondary N) is 1. The minimum atomic E-state index is -1.82. The van der Waals surface area contributed by atoms with E-state index < -0.39 is 17.1 Å². The van der Waals surface area contributed by atoms with Crippen LogP contribution in [-0.4, -0.2) is 21.9 Å². The lowest BCUT2D eigenvalue weighted by atomic mass is 9.64. The van der Waals surface area contributed by atoms with Crippen LogP contribution in [0.25, 0.3) is 0 Å². The number of ketones is 1. The van der Waals surface area contributed by atoms with E-state index in [1.54, 1.807) is 4.90 Å². The number of benzene rings is 2. The highest BCUT2D eigenvalue weighted by atomic mass is 35.5. The fraction of sp³-hybridized carbons (Fsp3) is 0.192. The van der Waals surface area contributed by atoms with Crippen molar-refractivity contribution < 1.29 is 14.0 Å². The molecule has 0 unspecified atom stereocenters. The first kappa shape index (κ1) is 24.6. The van der Waals surface area contributed by atoms with Crippen LogP contribution in [0.5, 0.6) is 0 Å². The van der Waals surface area contributed by atoms with Gasteiger partial charge in [-0.15, -0.1) is 10.2 Å². The Hall–Kier alpha value is -3.72. The lowest BCUT2D eigenvalue weighted by Crippen LogP contribution is -2.50. The Labute approximate surface area is 230 Å². The van der Waals surface area contributed by atoms with E-state index in [1.165, 1.54) is 41.3 Å². The zero-order chi connectivity index (χ0) is 26.6. The third-order valence-corrected chi connectivity index (χ3v) is 9.22. The molecular weight excluding hydrogens is 547 g/mol. The van der Waals surface area contributed by atoms with Crippen molar-refractivity contribution in [1.82, 2.24) is 10.2 Å². The number of aromatic nitrogens is 2. The first-order chi connectivity index (χ1) is 18.3. The van der Waals surface area contributed by atoms with E-state index in [9.17, 15) is 19.2 Å². The molecule has 3 aromatic rings. The average Bonchev–Trinajstić information content (AvgIpc) is 3.47. The Morgan fingerprint density at radius 1 is 1.21 bits per heavy atom. The molecule has 3 aliphatic rings. The van der Waals surface area contributed by atoms with Crippen molar-refractivity contribution >= 4 is 57.2 Å². The van der Waals surface area contributed by atoms with Crippen molar-refractivity contribution in [3.05, 3.63) is 87.1 Å². The van der Waals surface area contributed by atoms with Gasteiger partial charge in [-0.2, -0.15) is 5.26 Å². The standard InChI is InChI=1S/C26H18ClFN6O2S2/c27-14-6-4-13(5-7-14)12-37-25-33-32-24(38-25)34-19-2-1-3-20(35)21(19)26(17(11-29)22(34)30)16-10-15(28)8-9-18(16)31-23(26)36/h4-10H,1-3,12,30H2,(H,31,36)/t26-/m1/s1. The lowest BCUT2D eigenvalue weighted by molar-refractivity contribution is -0.122. The molecule has 2 aliphatic heterocycles. The van der Waals surface area contributed by atoms with Crippen LogP contribution in [0.3, 0.4) is 0 Å². The normalized spacial score (nSPS) is 20.5. The second-order valence-corrected chi connectivity index (χ2v) is 11.6. The Kier molecular flexibility index (Phi) is 5.98. The van der Waals surface area contributed by atoms with Gasteiger partial charge in [0.15, 0.2) is 10.1 Å². The maximum absolute atomic E-state index is 14.4. The maximum Gasteiger partial charge on any atom is 0.245 e. The summed E-state index contributed by atoms with van der Waals surface area (Å²) in [6.07, 6.45) is 1.16. The van der Waals surface area contributed by atoms with E-state index in [4.69, 9.17) is 17.3 Å². The number of hydrogen-bond acceptors (Lipinski definition) is 9. The number of thioether (sulfide) groups is 1. The Bertz CT molecular complexity index is 1630. The predicted octanol–water partition coefficient (Wildman–Crippen LogP) is 5.03. The fourth-order valence-corrected chi connectivity index (χ4v) is 7.22. The number of carbonyl (C=O) groups excluding carboxylic acids is 2. The van der Waals surface area contributed by atoms with Gasteiger partial charge in [0.1, 0.15) is 23.1 Å². The summed E-state index contributed by atoms with van der Waals surface area (Å²) in [6.45, 7) is 0. The fourth-order valence-electron chi connectivity index (χ4n) is 5.26. The number of rotatable bonds is 4. The molecule has 0 saturated heterocycles. The van der Waals surface area contributed by atoms with E-state index in [0.717, 1.165) is 5.56 Å². The molecule has 38 heavy (non-hydrogen) atoms. The van der Waals surface area contributed by atoms with Crippen LogP contribution >= 0.6 is 34.7 Å². The molecule has 3 heterocycles. The zero-order valence-electron chi connectivity index (χ0n) is 19.6. The molecule has 3 N–H and O–H groups in total. The molecule has 8 nitrogen and oxygen atoms in total. The smallest absolute Gasteiger partial charge is 0.245 e. The van der Waals surface area contributed by atoms with E-state index >= 15 is 0 Å². The van der Waals surface area contributed by atoms with E-state index in [-0.39, 0.29) is 34.7 Å². The van der Waals surface area contributed by atoms with Gasteiger partial charge in [-0.25, -0.2) is 4.39 Å². The van der Waals surface area contributed by atoms with Crippen LogP contribution in [0.1, 0.15) is 30.4 Å². The van der Waals surface area contributed by atoms with Crippen molar-refractivity contribution in [2.75, 3.05) is 10.2 Å². The van der Waals surface area contributed by atoms with Gasteiger partial charge in [0.25, 0.3) is 0 Å². The van der Waals surface area contributed by atoms with Crippen LogP contribution in [0.2, 0.25) is 5.02 Å². The number of nitriles is 1. The average molecular weight is 565 g/mol. The molecule has 1 atom stereocenters. The molecule has 12 heteroatoms. The summed E-state index contributed by atoms with van der Waals surface area (Å²) in [4.78, 5) is 28.7.